The molecule has 0 bridgehead atoms. The van der Waals surface area contributed by atoms with Gasteiger partial charge in [0.1, 0.15) is 0 Å². The zero-order valence-corrected chi connectivity index (χ0v) is 16.2. The molecule has 4 nitrogen and oxygen atoms in total. The number of anilines is 1. The fourth-order valence-electron chi connectivity index (χ4n) is 5.23. The van der Waals surface area contributed by atoms with Crippen LogP contribution in [0, 0.1) is 6.92 Å². The number of fused-ring (bicyclic) bond motifs is 3. The second-order valence-corrected chi connectivity index (χ2v) is 8.25. The minimum absolute atomic E-state index is 0.482. The van der Waals surface area contributed by atoms with Crippen LogP contribution in [0.25, 0.3) is 11.1 Å². The molecule has 3 aliphatic heterocycles. The fraction of sp³-hybridized carbons (Fsp3) is 0.478. The van der Waals surface area contributed by atoms with Gasteiger partial charge in [0.05, 0.1) is 19.3 Å². The molecule has 0 amide bonds. The Morgan fingerprint density at radius 2 is 2.15 bits per heavy atom. The molecule has 5 rings (SSSR count). The number of piperidine rings is 1. The largest absolute Gasteiger partial charge is 0.389 e. The Labute approximate surface area is 161 Å². The van der Waals surface area contributed by atoms with Crippen molar-refractivity contribution in [3.05, 3.63) is 52.6 Å². The summed E-state index contributed by atoms with van der Waals surface area (Å²) < 4.78 is 5.94. The minimum atomic E-state index is -0.482. The van der Waals surface area contributed by atoms with E-state index in [9.17, 15) is 5.11 Å². The van der Waals surface area contributed by atoms with E-state index in [0.29, 0.717) is 18.6 Å². The van der Waals surface area contributed by atoms with Crippen LogP contribution < -0.4 is 10.2 Å². The molecule has 2 aromatic rings. The summed E-state index contributed by atoms with van der Waals surface area (Å²) in [4.78, 5) is 2.61. The van der Waals surface area contributed by atoms with Gasteiger partial charge in [-0.05, 0) is 61.2 Å². The van der Waals surface area contributed by atoms with Gasteiger partial charge in [-0.25, -0.2) is 0 Å². The molecule has 0 radical (unpaired) electrons. The predicted molar refractivity (Wildman–Crippen MR) is 108 cm³/mol. The van der Waals surface area contributed by atoms with E-state index in [-0.39, 0.29) is 0 Å². The predicted octanol–water partition coefficient (Wildman–Crippen LogP) is 3.51. The summed E-state index contributed by atoms with van der Waals surface area (Å²) in [6.45, 7) is 8.54. The van der Waals surface area contributed by atoms with Crippen LogP contribution in [0.2, 0.25) is 0 Å². The van der Waals surface area contributed by atoms with E-state index in [1.54, 1.807) is 0 Å². The Kier molecular flexibility index (Phi) is 4.23. The Hall–Kier alpha value is -1.88. The molecule has 2 aromatic carbocycles. The maximum atomic E-state index is 10.4. The van der Waals surface area contributed by atoms with Gasteiger partial charge in [0.25, 0.3) is 0 Å². The van der Waals surface area contributed by atoms with E-state index in [1.807, 2.05) is 6.92 Å². The highest BCUT2D eigenvalue weighted by Gasteiger charge is 2.41. The Morgan fingerprint density at radius 3 is 3.00 bits per heavy atom. The number of aliphatic hydroxyl groups is 1. The Bertz CT molecular complexity index is 877. The molecule has 0 aromatic heterocycles. The maximum Gasteiger partial charge on any atom is 0.0768 e. The van der Waals surface area contributed by atoms with Crippen molar-refractivity contribution < 1.29 is 9.84 Å². The normalized spacial score (nSPS) is 24.9. The summed E-state index contributed by atoms with van der Waals surface area (Å²) in [7, 11) is 0. The SMILES string of the molecule is Cc1ccc(-c2cc3c4c(c2)[C@@H]2CNCC[C@@H]2N4CCOC3)c(C(C)O)c1. The fourth-order valence-corrected chi connectivity index (χ4v) is 5.23. The molecule has 0 saturated carbocycles. The molecule has 1 fully saturated rings. The number of aliphatic hydroxyl groups excluding tert-OH is 1. The second kappa shape index (κ2) is 6.62. The third-order valence-corrected chi connectivity index (χ3v) is 6.45. The lowest BCUT2D eigenvalue weighted by Crippen LogP contribution is -2.44. The van der Waals surface area contributed by atoms with Crippen molar-refractivity contribution in [3.8, 4) is 11.1 Å². The first-order chi connectivity index (χ1) is 13.1. The average Bonchev–Trinajstić information content (AvgIpc) is 2.83. The molecule has 4 heteroatoms. The van der Waals surface area contributed by atoms with E-state index in [4.69, 9.17) is 4.74 Å². The highest BCUT2D eigenvalue weighted by Crippen LogP contribution is 2.48. The van der Waals surface area contributed by atoms with E-state index in [1.165, 1.54) is 34.4 Å². The quantitative estimate of drug-likeness (QED) is 0.856. The van der Waals surface area contributed by atoms with Gasteiger partial charge < -0.3 is 20.1 Å². The van der Waals surface area contributed by atoms with Crippen molar-refractivity contribution >= 4 is 5.69 Å². The minimum Gasteiger partial charge on any atom is -0.389 e. The summed E-state index contributed by atoms with van der Waals surface area (Å²) >= 11 is 0. The number of hydrogen-bond donors (Lipinski definition) is 2. The van der Waals surface area contributed by atoms with Crippen LogP contribution in [0.3, 0.4) is 0 Å². The van der Waals surface area contributed by atoms with Gasteiger partial charge in [-0.2, -0.15) is 0 Å². The van der Waals surface area contributed by atoms with Crippen LogP contribution >= 0.6 is 0 Å². The van der Waals surface area contributed by atoms with Crippen molar-refractivity contribution in [1.82, 2.24) is 5.32 Å². The van der Waals surface area contributed by atoms with Gasteiger partial charge in [0.2, 0.25) is 0 Å². The van der Waals surface area contributed by atoms with Crippen LogP contribution in [0.5, 0.6) is 0 Å². The zero-order valence-electron chi connectivity index (χ0n) is 16.2. The molecule has 142 valence electrons. The van der Waals surface area contributed by atoms with Crippen molar-refractivity contribution in [3.63, 3.8) is 0 Å². The van der Waals surface area contributed by atoms with Gasteiger partial charge >= 0.3 is 0 Å². The van der Waals surface area contributed by atoms with Gasteiger partial charge in [0.15, 0.2) is 0 Å². The zero-order chi connectivity index (χ0) is 18.5. The van der Waals surface area contributed by atoms with E-state index >= 15 is 0 Å². The first kappa shape index (κ1) is 17.2. The lowest BCUT2D eigenvalue weighted by molar-refractivity contribution is 0.130. The first-order valence-corrected chi connectivity index (χ1v) is 10.1. The lowest BCUT2D eigenvalue weighted by Gasteiger charge is -2.33. The molecule has 1 saturated heterocycles. The summed E-state index contributed by atoms with van der Waals surface area (Å²) in [5.74, 6) is 0.547. The van der Waals surface area contributed by atoms with Gasteiger partial charge in [-0.15, -0.1) is 0 Å². The first-order valence-electron chi connectivity index (χ1n) is 10.1. The highest BCUT2D eigenvalue weighted by molar-refractivity contribution is 5.77. The smallest absolute Gasteiger partial charge is 0.0768 e. The highest BCUT2D eigenvalue weighted by atomic mass is 16.5. The number of ether oxygens (including phenoxy) is 1. The third-order valence-electron chi connectivity index (χ3n) is 6.45. The van der Waals surface area contributed by atoms with Crippen LogP contribution in [0.15, 0.2) is 30.3 Å². The van der Waals surface area contributed by atoms with E-state index < -0.39 is 6.10 Å². The van der Waals surface area contributed by atoms with Crippen molar-refractivity contribution in [1.29, 1.82) is 0 Å². The van der Waals surface area contributed by atoms with Crippen molar-refractivity contribution in [2.75, 3.05) is 31.1 Å². The van der Waals surface area contributed by atoms with Crippen LogP contribution in [0.1, 0.15) is 47.6 Å². The molecule has 3 heterocycles. The molecular formula is C23H28N2O2. The molecule has 27 heavy (non-hydrogen) atoms. The van der Waals surface area contributed by atoms with Gasteiger partial charge in [-0.1, -0.05) is 23.8 Å². The monoisotopic (exact) mass is 364 g/mol. The summed E-state index contributed by atoms with van der Waals surface area (Å²) in [6, 6.07) is 11.7. The van der Waals surface area contributed by atoms with Crippen LogP contribution in [-0.4, -0.2) is 37.4 Å². The Balaban J connectivity index is 1.69. The second-order valence-electron chi connectivity index (χ2n) is 8.25. The standard InChI is InChI=1S/C23H28N2O2/c1-14-3-4-18(19(9-14)15(2)26)16-10-17-13-27-8-7-25-22-5-6-24-12-21(22)20(11-16)23(17)25/h3-4,9-11,15,21-22,24,26H,5-8,12-13H2,1-2H3/t15?,21-,22-/m0/s1. The molecule has 0 spiro atoms. The number of nitrogens with zero attached hydrogens (tertiary/aromatic N) is 1. The van der Waals surface area contributed by atoms with Crippen LogP contribution in [-0.2, 0) is 11.3 Å². The van der Waals surface area contributed by atoms with Crippen molar-refractivity contribution in [2.24, 2.45) is 0 Å². The maximum absolute atomic E-state index is 10.4. The summed E-state index contributed by atoms with van der Waals surface area (Å²) in [5.41, 5.74) is 8.70. The number of nitrogens with one attached hydrogen (secondary N) is 1. The molecule has 0 aliphatic carbocycles. The average molecular weight is 364 g/mol. The van der Waals surface area contributed by atoms with Crippen molar-refractivity contribution in [2.45, 2.75) is 44.9 Å². The number of rotatable bonds is 2. The van der Waals surface area contributed by atoms with E-state index in [2.05, 4.69) is 47.5 Å². The molecule has 3 aliphatic rings. The molecule has 2 N–H and O–H groups in total. The van der Waals surface area contributed by atoms with Gasteiger partial charge in [0, 0.05) is 36.3 Å². The summed E-state index contributed by atoms with van der Waals surface area (Å²) in [5, 5.41) is 13.9. The molecular weight excluding hydrogens is 336 g/mol. The summed E-state index contributed by atoms with van der Waals surface area (Å²) in [6.07, 6.45) is 0.710. The van der Waals surface area contributed by atoms with Crippen LogP contribution in [0.4, 0.5) is 5.69 Å². The molecule has 3 atom stereocenters. The molecule has 1 unspecified atom stereocenters. The van der Waals surface area contributed by atoms with E-state index in [0.717, 1.165) is 37.4 Å². The van der Waals surface area contributed by atoms with Gasteiger partial charge in [-0.3, -0.25) is 0 Å². The number of hydrogen-bond acceptors (Lipinski definition) is 4. The number of benzene rings is 2. The topological polar surface area (TPSA) is 44.7 Å². The third kappa shape index (κ3) is 2.78. The Morgan fingerprint density at radius 1 is 1.26 bits per heavy atom. The number of aryl methyl sites for hydroxylation is 1. The lowest BCUT2D eigenvalue weighted by atomic mass is 9.86.